The van der Waals surface area contributed by atoms with Crippen molar-refractivity contribution < 1.29 is 14.4 Å². The lowest BCUT2D eigenvalue weighted by Crippen LogP contribution is -2.67. The Balaban J connectivity index is 1.58. The summed E-state index contributed by atoms with van der Waals surface area (Å²) in [6.07, 6.45) is 4.63. The summed E-state index contributed by atoms with van der Waals surface area (Å²) in [7, 11) is 6.17. The lowest BCUT2D eigenvalue weighted by Gasteiger charge is -2.66. The molecule has 3 aliphatic rings. The second kappa shape index (κ2) is 11.3. The van der Waals surface area contributed by atoms with Crippen molar-refractivity contribution in [3.8, 4) is 5.75 Å². The topological polar surface area (TPSA) is 141 Å². The van der Waals surface area contributed by atoms with Crippen LogP contribution in [0.3, 0.4) is 0 Å². The minimum Gasteiger partial charge on any atom is -0.494 e. The predicted molar refractivity (Wildman–Crippen MR) is 168 cm³/mol. The molecule has 3 aliphatic carbocycles. The second-order valence-corrected chi connectivity index (χ2v) is 18.8. The van der Waals surface area contributed by atoms with Crippen LogP contribution >= 0.6 is 0 Å². The van der Waals surface area contributed by atoms with Gasteiger partial charge in [-0.3, -0.25) is 10.1 Å². The van der Waals surface area contributed by atoms with Gasteiger partial charge in [0.05, 0.1) is 29.3 Å². The molecule has 0 amide bonds. The smallest absolute Gasteiger partial charge is 0.294 e. The first kappa shape index (κ1) is 30.0. The summed E-state index contributed by atoms with van der Waals surface area (Å²) in [5, 5.41) is 17.7. The summed E-state index contributed by atoms with van der Waals surface area (Å²) in [6, 6.07) is 4.43. The monoisotopic (exact) mass is 597 g/mol. The van der Waals surface area contributed by atoms with Gasteiger partial charge in [-0.15, -0.1) is 0 Å². The van der Waals surface area contributed by atoms with Gasteiger partial charge < -0.3 is 29.9 Å². The number of anilines is 4. The molecular weight excluding hydrogens is 554 g/mol. The van der Waals surface area contributed by atoms with E-state index in [2.05, 4.69) is 34.6 Å². The van der Waals surface area contributed by atoms with Crippen molar-refractivity contribution in [3.05, 3.63) is 28.4 Å². The van der Waals surface area contributed by atoms with Crippen molar-refractivity contribution in [2.75, 3.05) is 63.5 Å². The number of methoxy groups -OCH3 is 1. The number of benzene rings is 1. The van der Waals surface area contributed by atoms with Crippen LogP contribution in [0.15, 0.2) is 18.3 Å². The Labute approximate surface area is 247 Å². The highest BCUT2D eigenvalue weighted by atomic mass is 28.3. The lowest BCUT2D eigenvalue weighted by atomic mass is 9.49. The zero-order valence-electron chi connectivity index (χ0n) is 25.8. The van der Waals surface area contributed by atoms with Gasteiger partial charge in [0.15, 0.2) is 5.65 Å². The third kappa shape index (κ3) is 5.74. The minimum atomic E-state index is -1.23. The first-order valence-corrected chi connectivity index (χ1v) is 18.1. The fraction of sp³-hybridized carbons (Fsp3) is 0.607. The molecule has 228 valence electrons. The normalized spacial score (nSPS) is 19.5. The van der Waals surface area contributed by atoms with Crippen LogP contribution < -0.4 is 20.3 Å². The van der Waals surface area contributed by atoms with Crippen molar-refractivity contribution in [3.63, 3.8) is 0 Å². The molecule has 2 bridgehead atoms. The lowest BCUT2D eigenvalue weighted by molar-refractivity contribution is -0.384. The van der Waals surface area contributed by atoms with Crippen LogP contribution in [0.2, 0.25) is 25.7 Å². The van der Waals surface area contributed by atoms with Crippen molar-refractivity contribution in [1.29, 1.82) is 0 Å². The molecule has 3 fully saturated rings. The quantitative estimate of drug-likeness (QED) is 0.123. The highest BCUT2D eigenvalue weighted by molar-refractivity contribution is 6.76. The van der Waals surface area contributed by atoms with Crippen LogP contribution in [0.25, 0.3) is 11.0 Å². The number of hydrogen-bond donors (Lipinski definition) is 1. The van der Waals surface area contributed by atoms with Crippen molar-refractivity contribution in [2.24, 2.45) is 5.92 Å². The van der Waals surface area contributed by atoms with Crippen molar-refractivity contribution >= 4 is 47.9 Å². The Morgan fingerprint density at radius 2 is 1.86 bits per heavy atom. The SMILES string of the molecule is COc1cc(N(C)CCN(C)C)c([N+](=O)[O-])cc1N(c1nc(N)nc2c1cnn2COCC[Si](C)(C)C)C12CC(C1)C2. The first-order valence-electron chi connectivity index (χ1n) is 14.4. The van der Waals surface area contributed by atoms with Gasteiger partial charge in [0.1, 0.15) is 24.0 Å². The summed E-state index contributed by atoms with van der Waals surface area (Å²) < 4.78 is 13.6. The van der Waals surface area contributed by atoms with Gasteiger partial charge in [0.25, 0.3) is 5.69 Å². The van der Waals surface area contributed by atoms with E-state index in [-0.39, 0.29) is 28.8 Å². The number of rotatable bonds is 14. The van der Waals surface area contributed by atoms with E-state index in [1.165, 1.54) is 0 Å². The maximum absolute atomic E-state index is 12.4. The van der Waals surface area contributed by atoms with E-state index < -0.39 is 8.07 Å². The van der Waals surface area contributed by atoms with E-state index in [0.717, 1.165) is 31.9 Å². The third-order valence-corrected chi connectivity index (χ3v) is 10.1. The molecule has 0 radical (unpaired) electrons. The zero-order chi connectivity index (χ0) is 30.4. The van der Waals surface area contributed by atoms with Crippen LogP contribution in [0, 0.1) is 16.0 Å². The van der Waals surface area contributed by atoms with Gasteiger partial charge in [-0.2, -0.15) is 15.1 Å². The fourth-order valence-electron chi connectivity index (χ4n) is 5.86. The Hall–Kier alpha value is -3.49. The molecular formula is C28H43N9O4Si. The standard InChI is InChI=1S/C28H43N9O4Si/c1-33(2)8-9-34(3)21-13-24(40-4)23(12-22(21)37(38)39)36(28-14-19(15-28)16-28)26-20-17-30-35(25(20)31-27(29)32-26)18-41-10-11-42(5,6)7/h12-13,17,19H,8-11,14-16,18H2,1-7H3,(H2,29,31,32). The number of fused-ring (bicyclic) bond motifs is 1. The summed E-state index contributed by atoms with van der Waals surface area (Å²) in [4.78, 5) is 27.3. The average molecular weight is 598 g/mol. The summed E-state index contributed by atoms with van der Waals surface area (Å²) >= 11 is 0. The minimum absolute atomic E-state index is 0.00780. The number of likely N-dealkylation sites (N-methyl/N-ethyl adjacent to an activating group) is 2. The van der Waals surface area contributed by atoms with Gasteiger partial charge in [0, 0.05) is 52.5 Å². The number of nitrogens with two attached hydrogens (primary N) is 1. The van der Waals surface area contributed by atoms with Gasteiger partial charge in [-0.25, -0.2) is 4.68 Å². The molecule has 0 saturated heterocycles. The number of ether oxygens (including phenoxy) is 2. The molecule has 42 heavy (non-hydrogen) atoms. The Morgan fingerprint density at radius 1 is 1.14 bits per heavy atom. The molecule has 2 heterocycles. The van der Waals surface area contributed by atoms with Gasteiger partial charge in [0.2, 0.25) is 5.95 Å². The van der Waals surface area contributed by atoms with Crippen LogP contribution in [-0.2, 0) is 11.5 Å². The van der Waals surface area contributed by atoms with Gasteiger partial charge in [-0.1, -0.05) is 19.6 Å². The molecule has 14 heteroatoms. The number of nitrogens with zero attached hydrogens (tertiary/aromatic N) is 8. The largest absolute Gasteiger partial charge is 0.494 e. The molecule has 0 atom stereocenters. The third-order valence-electron chi connectivity index (χ3n) is 8.40. The van der Waals surface area contributed by atoms with E-state index in [9.17, 15) is 10.1 Å². The van der Waals surface area contributed by atoms with Crippen molar-refractivity contribution in [2.45, 2.75) is 57.2 Å². The molecule has 13 nitrogen and oxygen atoms in total. The molecule has 2 aromatic heterocycles. The average Bonchev–Trinajstić information content (AvgIpc) is 3.27. The summed E-state index contributed by atoms with van der Waals surface area (Å²) in [6.45, 7) is 9.20. The first-order chi connectivity index (χ1) is 19.8. The number of aromatic nitrogens is 4. The molecule has 3 saturated carbocycles. The predicted octanol–water partition coefficient (Wildman–Crippen LogP) is 4.33. The van der Waals surface area contributed by atoms with Crippen LogP contribution in [-0.4, -0.2) is 91.1 Å². The van der Waals surface area contributed by atoms with E-state index >= 15 is 0 Å². The van der Waals surface area contributed by atoms with Crippen molar-refractivity contribution in [1.82, 2.24) is 24.6 Å². The number of hydrogen-bond acceptors (Lipinski definition) is 11. The second-order valence-electron chi connectivity index (χ2n) is 13.2. The van der Waals surface area contributed by atoms with Gasteiger partial charge >= 0.3 is 0 Å². The number of nitrogen functional groups attached to an aromatic ring is 1. The summed E-state index contributed by atoms with van der Waals surface area (Å²) in [5.41, 5.74) is 7.72. The molecule has 0 aliphatic heterocycles. The van der Waals surface area contributed by atoms with Crippen LogP contribution in [0.1, 0.15) is 19.3 Å². The van der Waals surface area contributed by atoms with Crippen LogP contribution in [0.4, 0.5) is 28.8 Å². The van der Waals surface area contributed by atoms with E-state index in [1.54, 1.807) is 30.1 Å². The highest BCUT2D eigenvalue weighted by Crippen LogP contribution is 2.64. The Morgan fingerprint density at radius 3 is 2.43 bits per heavy atom. The zero-order valence-corrected chi connectivity index (χ0v) is 26.8. The molecule has 6 rings (SSSR count). The maximum atomic E-state index is 12.4. The van der Waals surface area contributed by atoms with Crippen LogP contribution in [0.5, 0.6) is 5.75 Å². The highest BCUT2D eigenvalue weighted by Gasteiger charge is 2.61. The number of nitro benzene ring substituents is 1. The van der Waals surface area contributed by atoms with E-state index in [0.29, 0.717) is 53.0 Å². The van der Waals surface area contributed by atoms with E-state index in [4.69, 9.17) is 20.2 Å². The maximum Gasteiger partial charge on any atom is 0.294 e. The van der Waals surface area contributed by atoms with Gasteiger partial charge in [-0.05, 0) is 45.3 Å². The Kier molecular flexibility index (Phi) is 8.07. The Bertz CT molecular complexity index is 1450. The molecule has 0 spiro atoms. The number of nitro groups is 1. The molecule has 3 aromatic rings. The molecule has 1 aromatic carbocycles. The molecule has 0 unspecified atom stereocenters. The summed E-state index contributed by atoms with van der Waals surface area (Å²) in [5.74, 6) is 1.85. The molecule has 2 N–H and O–H groups in total. The van der Waals surface area contributed by atoms with E-state index in [1.807, 2.05) is 30.9 Å². The fourth-order valence-corrected chi connectivity index (χ4v) is 6.62.